The maximum absolute atomic E-state index is 12.6. The Balaban J connectivity index is 4.26. The number of esters is 1. The summed E-state index contributed by atoms with van der Waals surface area (Å²) in [5.41, 5.74) is 0. The van der Waals surface area contributed by atoms with Crippen molar-refractivity contribution in [3.8, 4) is 0 Å². The third-order valence-electron chi connectivity index (χ3n) is 2.34. The first-order valence-electron chi connectivity index (χ1n) is 5.77. The molecule has 0 aliphatic heterocycles. The normalized spacial score (nSPS) is 11.2. The summed E-state index contributed by atoms with van der Waals surface area (Å²) in [6, 6.07) is 0. The fourth-order valence-electron chi connectivity index (χ4n) is 1.33. The van der Waals surface area contributed by atoms with Gasteiger partial charge in [0.05, 0.1) is 7.11 Å². The van der Waals surface area contributed by atoms with Crippen LogP contribution in [0, 0.1) is 0 Å². The summed E-state index contributed by atoms with van der Waals surface area (Å²) in [4.78, 5) is 22.1. The minimum atomic E-state index is -4.66. The van der Waals surface area contributed by atoms with Gasteiger partial charge >= 0.3 is 12.3 Å². The fraction of sp³-hybridized carbons (Fsp3) is 0.818. The van der Waals surface area contributed by atoms with Crippen LogP contribution in [-0.4, -0.2) is 36.7 Å². The van der Waals surface area contributed by atoms with E-state index < -0.39 is 18.2 Å². The second-order valence-electron chi connectivity index (χ2n) is 3.80. The highest BCUT2D eigenvalue weighted by atomic mass is 19.4. The SMILES string of the molecule is CCCCN(C(=O)CCCC(=O)OC)C(F)(F)F. The van der Waals surface area contributed by atoms with E-state index in [1.807, 2.05) is 0 Å². The van der Waals surface area contributed by atoms with E-state index in [4.69, 9.17) is 0 Å². The quantitative estimate of drug-likeness (QED) is 0.527. The Morgan fingerprint density at radius 1 is 1.17 bits per heavy atom. The standard InChI is InChI=1S/C11H18F3NO3/c1-3-4-8-15(11(12,13)14)9(16)6-5-7-10(17)18-2/h3-8H2,1-2H3. The molecule has 0 aliphatic rings. The van der Waals surface area contributed by atoms with Gasteiger partial charge in [-0.05, 0) is 12.8 Å². The topological polar surface area (TPSA) is 46.6 Å². The van der Waals surface area contributed by atoms with Gasteiger partial charge in [0.2, 0.25) is 5.91 Å². The molecule has 0 atom stereocenters. The van der Waals surface area contributed by atoms with Crippen molar-refractivity contribution in [2.45, 2.75) is 45.3 Å². The van der Waals surface area contributed by atoms with E-state index in [0.29, 0.717) is 12.8 Å². The number of amides is 1. The third kappa shape index (κ3) is 6.46. The second kappa shape index (κ2) is 7.94. The van der Waals surface area contributed by atoms with Crippen LogP contribution in [0.2, 0.25) is 0 Å². The van der Waals surface area contributed by atoms with Gasteiger partial charge in [0.15, 0.2) is 0 Å². The number of hydrogen-bond donors (Lipinski definition) is 0. The van der Waals surface area contributed by atoms with Gasteiger partial charge < -0.3 is 4.74 Å². The molecule has 0 bridgehead atoms. The minimum Gasteiger partial charge on any atom is -0.469 e. The number of methoxy groups -OCH3 is 1. The molecule has 0 spiro atoms. The third-order valence-corrected chi connectivity index (χ3v) is 2.34. The van der Waals surface area contributed by atoms with Gasteiger partial charge in [-0.3, -0.25) is 14.5 Å². The molecule has 0 rings (SSSR count). The number of alkyl halides is 3. The van der Waals surface area contributed by atoms with E-state index in [0.717, 1.165) is 0 Å². The Kier molecular flexibility index (Phi) is 7.38. The number of ether oxygens (including phenoxy) is 1. The van der Waals surface area contributed by atoms with Gasteiger partial charge in [-0.25, -0.2) is 0 Å². The molecule has 0 fully saturated rings. The summed E-state index contributed by atoms with van der Waals surface area (Å²) in [6.07, 6.45) is -4.09. The van der Waals surface area contributed by atoms with Crippen molar-refractivity contribution < 1.29 is 27.5 Å². The van der Waals surface area contributed by atoms with Crippen molar-refractivity contribution in [3.63, 3.8) is 0 Å². The van der Waals surface area contributed by atoms with E-state index in [9.17, 15) is 22.8 Å². The number of hydrogen-bond acceptors (Lipinski definition) is 3. The second-order valence-corrected chi connectivity index (χ2v) is 3.80. The smallest absolute Gasteiger partial charge is 0.469 e. The molecule has 0 saturated carbocycles. The van der Waals surface area contributed by atoms with Crippen molar-refractivity contribution >= 4 is 11.9 Å². The highest BCUT2D eigenvalue weighted by Gasteiger charge is 2.39. The Morgan fingerprint density at radius 3 is 2.22 bits per heavy atom. The monoisotopic (exact) mass is 269 g/mol. The molecule has 0 aliphatic carbocycles. The lowest BCUT2D eigenvalue weighted by molar-refractivity contribution is -0.240. The molecule has 1 amide bonds. The molecule has 4 nitrogen and oxygen atoms in total. The van der Waals surface area contributed by atoms with Crippen LogP contribution in [0.1, 0.15) is 39.0 Å². The van der Waals surface area contributed by atoms with Crippen LogP contribution in [0.4, 0.5) is 13.2 Å². The van der Waals surface area contributed by atoms with Gasteiger partial charge in [0.25, 0.3) is 0 Å². The largest absolute Gasteiger partial charge is 0.487 e. The highest BCUT2D eigenvalue weighted by molar-refractivity contribution is 5.77. The average Bonchev–Trinajstić information content (AvgIpc) is 2.27. The first-order chi connectivity index (χ1) is 8.32. The van der Waals surface area contributed by atoms with E-state index >= 15 is 0 Å². The Labute approximate surface area is 104 Å². The molecule has 0 aromatic rings. The first-order valence-corrected chi connectivity index (χ1v) is 5.77. The van der Waals surface area contributed by atoms with Crippen molar-refractivity contribution in [2.24, 2.45) is 0 Å². The predicted molar refractivity (Wildman–Crippen MR) is 58.5 cm³/mol. The summed E-state index contributed by atoms with van der Waals surface area (Å²) >= 11 is 0. The summed E-state index contributed by atoms with van der Waals surface area (Å²) in [6.45, 7) is 1.41. The maximum atomic E-state index is 12.6. The van der Waals surface area contributed by atoms with Crippen LogP contribution in [-0.2, 0) is 14.3 Å². The molecule has 0 heterocycles. The number of rotatable bonds is 7. The maximum Gasteiger partial charge on any atom is 0.487 e. The van der Waals surface area contributed by atoms with Gasteiger partial charge in [-0.2, -0.15) is 0 Å². The first kappa shape index (κ1) is 16.7. The molecule has 0 aromatic carbocycles. The Morgan fingerprint density at radius 2 is 1.78 bits per heavy atom. The Hall–Kier alpha value is -1.27. The van der Waals surface area contributed by atoms with E-state index in [1.165, 1.54) is 7.11 Å². The number of carbonyl (C=O) groups is 2. The number of carbonyl (C=O) groups excluding carboxylic acids is 2. The van der Waals surface area contributed by atoms with Crippen LogP contribution in [0.25, 0.3) is 0 Å². The number of unbranched alkanes of at least 4 members (excludes halogenated alkanes) is 1. The zero-order valence-electron chi connectivity index (χ0n) is 10.5. The van der Waals surface area contributed by atoms with Crippen molar-refractivity contribution in [1.29, 1.82) is 0 Å². The predicted octanol–water partition coefficient (Wildman–Crippen LogP) is 2.48. The fourth-order valence-corrected chi connectivity index (χ4v) is 1.33. The summed E-state index contributed by atoms with van der Waals surface area (Å²) in [5, 5.41) is 0. The molecule has 7 heteroatoms. The molecule has 0 unspecified atom stereocenters. The van der Waals surface area contributed by atoms with Gasteiger partial charge in [0, 0.05) is 19.4 Å². The Bertz CT molecular complexity index is 279. The lowest BCUT2D eigenvalue weighted by Crippen LogP contribution is -2.43. The van der Waals surface area contributed by atoms with Gasteiger partial charge in [-0.1, -0.05) is 13.3 Å². The van der Waals surface area contributed by atoms with Crippen LogP contribution < -0.4 is 0 Å². The lowest BCUT2D eigenvalue weighted by atomic mass is 10.2. The van der Waals surface area contributed by atoms with Crippen LogP contribution in [0.15, 0.2) is 0 Å². The molecule has 18 heavy (non-hydrogen) atoms. The van der Waals surface area contributed by atoms with Gasteiger partial charge in [0.1, 0.15) is 0 Å². The highest BCUT2D eigenvalue weighted by Crippen LogP contribution is 2.23. The van der Waals surface area contributed by atoms with Crippen LogP contribution in [0.3, 0.4) is 0 Å². The molecular formula is C11H18F3NO3. The van der Waals surface area contributed by atoms with Crippen LogP contribution in [0.5, 0.6) is 0 Å². The zero-order chi connectivity index (χ0) is 14.2. The zero-order valence-corrected chi connectivity index (χ0v) is 10.5. The van der Waals surface area contributed by atoms with Crippen molar-refractivity contribution in [2.75, 3.05) is 13.7 Å². The lowest BCUT2D eigenvalue weighted by Gasteiger charge is -2.24. The minimum absolute atomic E-state index is 0.0539. The molecule has 0 aromatic heterocycles. The van der Waals surface area contributed by atoms with E-state index in [1.54, 1.807) is 6.92 Å². The molecule has 106 valence electrons. The van der Waals surface area contributed by atoms with Gasteiger partial charge in [-0.15, -0.1) is 13.2 Å². The van der Waals surface area contributed by atoms with E-state index in [2.05, 4.69) is 4.74 Å². The van der Waals surface area contributed by atoms with Crippen molar-refractivity contribution in [1.82, 2.24) is 4.90 Å². The summed E-state index contributed by atoms with van der Waals surface area (Å²) < 4.78 is 42.0. The number of nitrogens with zero attached hydrogens (tertiary/aromatic N) is 1. The van der Waals surface area contributed by atoms with Crippen molar-refractivity contribution in [3.05, 3.63) is 0 Å². The average molecular weight is 269 g/mol. The molecular weight excluding hydrogens is 251 g/mol. The molecule has 0 N–H and O–H groups in total. The number of halogens is 3. The van der Waals surface area contributed by atoms with E-state index in [-0.39, 0.29) is 30.7 Å². The summed E-state index contributed by atoms with van der Waals surface area (Å²) in [5.74, 6) is -1.53. The summed E-state index contributed by atoms with van der Waals surface area (Å²) in [7, 11) is 1.19. The van der Waals surface area contributed by atoms with Crippen LogP contribution >= 0.6 is 0 Å². The molecule has 0 saturated heterocycles. The molecule has 0 radical (unpaired) electrons.